The summed E-state index contributed by atoms with van der Waals surface area (Å²) in [6, 6.07) is 8.07. The van der Waals surface area contributed by atoms with Crippen LogP contribution in [0.3, 0.4) is 0 Å². The molecule has 1 saturated carbocycles. The van der Waals surface area contributed by atoms with Gasteiger partial charge in [0.2, 0.25) is 5.91 Å². The highest BCUT2D eigenvalue weighted by Crippen LogP contribution is 2.47. The quantitative estimate of drug-likeness (QED) is 0.781. The molecule has 1 aliphatic carbocycles. The monoisotopic (exact) mass is 380 g/mol. The minimum atomic E-state index is 0.0178. The summed E-state index contributed by atoms with van der Waals surface area (Å²) in [5.41, 5.74) is 2.07. The minimum Gasteiger partial charge on any atom is -0.342 e. The van der Waals surface area contributed by atoms with E-state index < -0.39 is 0 Å². The lowest BCUT2D eigenvalue weighted by atomic mass is 9.88. The average Bonchev–Trinajstić information content (AvgIpc) is 3.31. The van der Waals surface area contributed by atoms with Crippen molar-refractivity contribution in [1.29, 1.82) is 0 Å². The normalized spacial score (nSPS) is 22.5. The van der Waals surface area contributed by atoms with Gasteiger partial charge in [-0.1, -0.05) is 38.1 Å². The number of rotatable bonds is 6. The molecule has 6 heteroatoms. The molecule has 2 aliphatic rings. The summed E-state index contributed by atoms with van der Waals surface area (Å²) >= 11 is 0. The number of nitrogens with one attached hydrogen (secondary N) is 1. The Bertz CT molecular complexity index is 821. The molecule has 6 nitrogen and oxygen atoms in total. The minimum absolute atomic E-state index is 0.0178. The van der Waals surface area contributed by atoms with Crippen molar-refractivity contribution in [3.8, 4) is 0 Å². The van der Waals surface area contributed by atoms with E-state index in [1.165, 1.54) is 11.9 Å². The number of Topliss-reactive ketones (excluding diaryl/α,β-unsaturated/α-hetero) is 1. The van der Waals surface area contributed by atoms with Crippen LogP contribution >= 0.6 is 0 Å². The summed E-state index contributed by atoms with van der Waals surface area (Å²) < 4.78 is 0. The van der Waals surface area contributed by atoms with Crippen LogP contribution < -0.4 is 0 Å². The molecule has 0 radical (unpaired) electrons. The smallest absolute Gasteiger partial charge is 0.226 e. The molecule has 2 atom stereocenters. The van der Waals surface area contributed by atoms with Crippen LogP contribution in [-0.2, 0) is 11.2 Å². The molecule has 4 rings (SSSR count). The van der Waals surface area contributed by atoms with Gasteiger partial charge in [0.05, 0.1) is 0 Å². The third-order valence-electron chi connectivity index (χ3n) is 5.95. The standard InChI is InChI=1S/C22H28N4O2/c1-14(2)11-15-3-5-16(6-4-15)20(27)17-7-9-26(10-8-17)22(28)19-12-18(19)21-23-13-24-25-21/h3-6,13-14,17-19H,7-12H2,1-2H3,(H,23,24,25). The summed E-state index contributed by atoms with van der Waals surface area (Å²) in [5.74, 6) is 2.05. The van der Waals surface area contributed by atoms with Crippen molar-refractivity contribution in [3.63, 3.8) is 0 Å². The fourth-order valence-electron chi connectivity index (χ4n) is 4.27. The first-order valence-electron chi connectivity index (χ1n) is 10.3. The highest BCUT2D eigenvalue weighted by Gasteiger charge is 2.48. The van der Waals surface area contributed by atoms with E-state index in [2.05, 4.69) is 41.2 Å². The Morgan fingerprint density at radius 1 is 1.18 bits per heavy atom. The fraction of sp³-hybridized carbons (Fsp3) is 0.545. The Balaban J connectivity index is 1.29. The number of hydrogen-bond donors (Lipinski definition) is 1. The molecule has 28 heavy (non-hydrogen) atoms. The number of benzene rings is 1. The number of carbonyl (C=O) groups excluding carboxylic acids is 2. The number of ketones is 1. The number of likely N-dealkylation sites (tertiary alicyclic amines) is 1. The first-order chi connectivity index (χ1) is 13.5. The topological polar surface area (TPSA) is 79.0 Å². The lowest BCUT2D eigenvalue weighted by Crippen LogP contribution is -2.41. The second-order valence-corrected chi connectivity index (χ2v) is 8.58. The van der Waals surface area contributed by atoms with Gasteiger partial charge in [-0.3, -0.25) is 14.7 Å². The molecule has 1 aliphatic heterocycles. The van der Waals surface area contributed by atoms with E-state index in [1.807, 2.05) is 17.0 Å². The summed E-state index contributed by atoms with van der Waals surface area (Å²) in [5, 5.41) is 6.73. The Labute approximate surface area is 165 Å². The van der Waals surface area contributed by atoms with E-state index in [0.29, 0.717) is 19.0 Å². The third kappa shape index (κ3) is 4.01. The van der Waals surface area contributed by atoms with Crippen molar-refractivity contribution in [2.45, 2.75) is 45.4 Å². The number of amides is 1. The predicted molar refractivity (Wildman–Crippen MR) is 106 cm³/mol. The third-order valence-corrected chi connectivity index (χ3v) is 5.95. The number of piperidine rings is 1. The zero-order valence-electron chi connectivity index (χ0n) is 16.6. The second-order valence-electron chi connectivity index (χ2n) is 8.58. The summed E-state index contributed by atoms with van der Waals surface area (Å²) in [7, 11) is 0. The SMILES string of the molecule is CC(C)Cc1ccc(C(=O)C2CCN(C(=O)C3CC3c3ncn[nH]3)CC2)cc1. The van der Waals surface area contributed by atoms with Gasteiger partial charge in [-0.2, -0.15) is 5.10 Å². The Morgan fingerprint density at radius 3 is 2.50 bits per heavy atom. The number of aromatic nitrogens is 3. The molecule has 148 valence electrons. The largest absolute Gasteiger partial charge is 0.342 e. The van der Waals surface area contributed by atoms with Crippen LogP contribution in [0, 0.1) is 17.8 Å². The number of nitrogens with zero attached hydrogens (tertiary/aromatic N) is 3. The van der Waals surface area contributed by atoms with Gasteiger partial charge in [-0.25, -0.2) is 4.98 Å². The van der Waals surface area contributed by atoms with Crippen LogP contribution in [0.15, 0.2) is 30.6 Å². The Kier molecular flexibility index (Phi) is 5.29. The van der Waals surface area contributed by atoms with Gasteiger partial charge >= 0.3 is 0 Å². The van der Waals surface area contributed by atoms with E-state index in [0.717, 1.165) is 37.1 Å². The van der Waals surface area contributed by atoms with E-state index in [9.17, 15) is 9.59 Å². The second kappa shape index (κ2) is 7.86. The molecule has 2 fully saturated rings. The van der Waals surface area contributed by atoms with E-state index in [1.54, 1.807) is 0 Å². The maximum atomic E-state index is 12.8. The molecule has 2 aromatic rings. The lowest BCUT2D eigenvalue weighted by Gasteiger charge is -2.31. The molecule has 2 heterocycles. The van der Waals surface area contributed by atoms with Crippen LogP contribution in [0.2, 0.25) is 0 Å². The van der Waals surface area contributed by atoms with E-state index in [4.69, 9.17) is 0 Å². The first-order valence-corrected chi connectivity index (χ1v) is 10.3. The zero-order chi connectivity index (χ0) is 19.7. The van der Waals surface area contributed by atoms with Gasteiger partial charge < -0.3 is 4.90 Å². The molecule has 1 amide bonds. The van der Waals surface area contributed by atoms with Gasteiger partial charge in [-0.15, -0.1) is 0 Å². The van der Waals surface area contributed by atoms with Crippen molar-refractivity contribution in [2.75, 3.05) is 13.1 Å². The Hall–Kier alpha value is -2.50. The number of H-pyrrole nitrogens is 1. The van der Waals surface area contributed by atoms with Crippen molar-refractivity contribution < 1.29 is 9.59 Å². The summed E-state index contributed by atoms with van der Waals surface area (Å²) in [6.07, 6.45) is 4.86. The molecular formula is C22H28N4O2. The number of aromatic amines is 1. The van der Waals surface area contributed by atoms with Crippen LogP contribution in [0.5, 0.6) is 0 Å². The van der Waals surface area contributed by atoms with Crippen LogP contribution in [0.4, 0.5) is 0 Å². The number of carbonyl (C=O) groups is 2. The molecule has 0 bridgehead atoms. The van der Waals surface area contributed by atoms with Crippen molar-refractivity contribution >= 4 is 11.7 Å². The molecule has 1 N–H and O–H groups in total. The summed E-state index contributed by atoms with van der Waals surface area (Å²) in [6.45, 7) is 5.73. The first kappa shape index (κ1) is 18.8. The van der Waals surface area contributed by atoms with Gasteiger partial charge in [0, 0.05) is 36.4 Å². The molecule has 1 aromatic heterocycles. The maximum Gasteiger partial charge on any atom is 0.226 e. The van der Waals surface area contributed by atoms with Crippen molar-refractivity contribution in [2.24, 2.45) is 17.8 Å². The average molecular weight is 380 g/mol. The lowest BCUT2D eigenvalue weighted by molar-refractivity contribution is -0.133. The molecule has 0 spiro atoms. The van der Waals surface area contributed by atoms with Gasteiger partial charge in [0.25, 0.3) is 0 Å². The zero-order valence-corrected chi connectivity index (χ0v) is 16.6. The van der Waals surface area contributed by atoms with Crippen LogP contribution in [0.25, 0.3) is 0 Å². The van der Waals surface area contributed by atoms with Crippen LogP contribution in [0.1, 0.15) is 60.8 Å². The van der Waals surface area contributed by atoms with Crippen LogP contribution in [-0.4, -0.2) is 44.9 Å². The molecular weight excluding hydrogens is 352 g/mol. The predicted octanol–water partition coefficient (Wildman–Crippen LogP) is 3.23. The molecule has 1 saturated heterocycles. The van der Waals surface area contributed by atoms with E-state index >= 15 is 0 Å². The highest BCUT2D eigenvalue weighted by atomic mass is 16.2. The molecule has 1 aromatic carbocycles. The van der Waals surface area contributed by atoms with Gasteiger partial charge in [0.1, 0.15) is 12.2 Å². The number of hydrogen-bond acceptors (Lipinski definition) is 4. The van der Waals surface area contributed by atoms with Crippen molar-refractivity contribution in [3.05, 3.63) is 47.5 Å². The van der Waals surface area contributed by atoms with E-state index in [-0.39, 0.29) is 29.4 Å². The summed E-state index contributed by atoms with van der Waals surface area (Å²) in [4.78, 5) is 31.6. The highest BCUT2D eigenvalue weighted by molar-refractivity contribution is 5.98. The maximum absolute atomic E-state index is 12.8. The van der Waals surface area contributed by atoms with Crippen molar-refractivity contribution in [1.82, 2.24) is 20.1 Å². The molecule has 2 unspecified atom stereocenters. The van der Waals surface area contributed by atoms with Gasteiger partial charge in [0.15, 0.2) is 5.78 Å². The van der Waals surface area contributed by atoms with Gasteiger partial charge in [-0.05, 0) is 37.2 Å². The fourth-order valence-corrected chi connectivity index (χ4v) is 4.27. The Morgan fingerprint density at radius 2 is 1.89 bits per heavy atom.